The molecule has 0 heterocycles. The van der Waals surface area contributed by atoms with Gasteiger partial charge >= 0.3 is 37.2 Å². The molecule has 0 aliphatic rings. The van der Waals surface area contributed by atoms with E-state index in [0.717, 1.165) is 0 Å². The second-order valence-electron chi connectivity index (χ2n) is 0.527. The van der Waals surface area contributed by atoms with Crippen molar-refractivity contribution < 1.29 is 25.9 Å². The summed E-state index contributed by atoms with van der Waals surface area (Å²) in [6, 6.07) is 0. The molecule has 0 fully saturated rings. The van der Waals surface area contributed by atoms with Crippen LogP contribution in [0, 0.1) is 0 Å². The average Bonchev–Trinajstić information content (AvgIpc) is 1.38. The third-order valence-corrected chi connectivity index (χ3v) is 0.471. The van der Waals surface area contributed by atoms with Crippen molar-refractivity contribution in [2.45, 2.75) is 5.32 Å². The van der Waals surface area contributed by atoms with E-state index in [0.29, 0.717) is 0 Å². The number of carboxylic acid groups (broad SMARTS) is 1. The van der Waals surface area contributed by atoms with E-state index >= 15 is 0 Å². The van der Waals surface area contributed by atoms with E-state index in [1.165, 1.54) is 0 Å². The second-order valence-corrected chi connectivity index (χ2v) is 0.945. The summed E-state index contributed by atoms with van der Waals surface area (Å²) < 4.78 is 0. The summed E-state index contributed by atoms with van der Waals surface area (Å²) in [5, 5.41) is 7.71. The summed E-state index contributed by atoms with van der Waals surface area (Å²) in [5.74, 6) is -0.829. The monoisotopic (exact) mass is 114 g/mol. The number of hydrogen-bond acceptors (Lipinski definition) is 1. The molecule has 0 spiro atoms. The molecule has 2 nitrogen and oxygen atoms in total. The molecular formula is C2H3MnO2. The summed E-state index contributed by atoms with van der Waals surface area (Å²) in [7, 11) is 0. The van der Waals surface area contributed by atoms with E-state index in [2.05, 4.69) is 16.0 Å². The maximum absolute atomic E-state index is 9.32. The number of carboxylic acids is 1. The van der Waals surface area contributed by atoms with Crippen molar-refractivity contribution in [3.8, 4) is 0 Å². The van der Waals surface area contributed by atoms with Gasteiger partial charge < -0.3 is 0 Å². The molecule has 1 N–H and O–H groups in total. The third-order valence-electron chi connectivity index (χ3n) is 0.114. The normalized spacial score (nSPS) is 7.40. The van der Waals surface area contributed by atoms with Crippen LogP contribution in [0.2, 0.25) is 5.32 Å². The zero-order valence-corrected chi connectivity index (χ0v) is 3.62. The molecule has 0 radical (unpaired) electrons. The second kappa shape index (κ2) is 2.24. The first-order valence-electron chi connectivity index (χ1n) is 1.05. The average molecular weight is 114 g/mol. The van der Waals surface area contributed by atoms with Gasteiger partial charge in [0.2, 0.25) is 0 Å². The summed E-state index contributed by atoms with van der Waals surface area (Å²) in [5.41, 5.74) is 0. The summed E-state index contributed by atoms with van der Waals surface area (Å²) >= 11 is 2.71. The van der Waals surface area contributed by atoms with Crippen molar-refractivity contribution in [2.75, 3.05) is 0 Å². The number of hydrogen-bond donors (Lipinski definition) is 1. The molecule has 0 aromatic rings. The Morgan fingerprint density at radius 2 is 2.20 bits per heavy atom. The molecule has 0 aliphatic heterocycles. The molecule has 0 aliphatic carbocycles. The predicted octanol–water partition coefficient (Wildman–Crippen LogP) is 0.0361. The minimum absolute atomic E-state index is 0.0347. The van der Waals surface area contributed by atoms with Crippen molar-refractivity contribution in [1.82, 2.24) is 0 Å². The maximum atomic E-state index is 9.32. The van der Waals surface area contributed by atoms with Crippen LogP contribution in [0.5, 0.6) is 0 Å². The molecule has 30 valence electrons. The number of aliphatic carboxylic acids is 1. The van der Waals surface area contributed by atoms with E-state index < -0.39 is 5.97 Å². The minimum atomic E-state index is -0.829. The van der Waals surface area contributed by atoms with Crippen molar-refractivity contribution in [2.24, 2.45) is 0 Å². The molecule has 5 heavy (non-hydrogen) atoms. The van der Waals surface area contributed by atoms with Gasteiger partial charge in [0.1, 0.15) is 0 Å². The molecule has 0 aromatic carbocycles. The van der Waals surface area contributed by atoms with Gasteiger partial charge in [0.05, 0.1) is 0 Å². The fourth-order valence-electron chi connectivity index (χ4n) is 0. The van der Waals surface area contributed by atoms with E-state index in [1.54, 1.807) is 0 Å². The van der Waals surface area contributed by atoms with Crippen LogP contribution in [0.4, 0.5) is 0 Å². The molecule has 0 amide bonds. The van der Waals surface area contributed by atoms with Gasteiger partial charge in [-0.15, -0.1) is 0 Å². The molecule has 0 bridgehead atoms. The quantitative estimate of drug-likeness (QED) is 0.488. The third kappa shape index (κ3) is 3.99. The van der Waals surface area contributed by atoms with Gasteiger partial charge in [0.15, 0.2) is 0 Å². The Morgan fingerprint density at radius 3 is 2.20 bits per heavy atom. The van der Waals surface area contributed by atoms with Gasteiger partial charge in [-0.1, -0.05) is 0 Å². The van der Waals surface area contributed by atoms with Crippen LogP contribution in [0.1, 0.15) is 0 Å². The molecule has 0 rings (SSSR count). The van der Waals surface area contributed by atoms with E-state index in [-0.39, 0.29) is 5.32 Å². The Kier molecular flexibility index (Phi) is 2.24. The molecule has 0 aromatic heterocycles. The molecule has 0 unspecified atom stereocenters. The van der Waals surface area contributed by atoms with Crippen molar-refractivity contribution in [1.29, 1.82) is 0 Å². The van der Waals surface area contributed by atoms with Crippen LogP contribution >= 0.6 is 0 Å². The Morgan fingerprint density at radius 1 is 2.00 bits per heavy atom. The zero-order valence-electron chi connectivity index (χ0n) is 2.44. The van der Waals surface area contributed by atoms with Gasteiger partial charge in [-0.2, -0.15) is 0 Å². The van der Waals surface area contributed by atoms with Crippen molar-refractivity contribution in [3.63, 3.8) is 0 Å². The van der Waals surface area contributed by atoms with Gasteiger partial charge in [-0.25, -0.2) is 0 Å². The Labute approximate surface area is 38.0 Å². The first kappa shape index (κ1) is 4.99. The standard InChI is InChI=1S/C2H3O2.Mn/c1-2(3)4;/h1H2,(H,3,4);. The number of rotatable bonds is 1. The summed E-state index contributed by atoms with van der Waals surface area (Å²) in [4.78, 5) is 9.32. The van der Waals surface area contributed by atoms with Gasteiger partial charge in [-0.05, 0) is 0 Å². The first-order chi connectivity index (χ1) is 2.27. The topological polar surface area (TPSA) is 37.3 Å². The molecule has 0 saturated carbocycles. The predicted molar refractivity (Wildman–Crippen MR) is 12.4 cm³/mol. The van der Waals surface area contributed by atoms with Crippen molar-refractivity contribution in [3.05, 3.63) is 0 Å². The van der Waals surface area contributed by atoms with Crippen LogP contribution in [0.25, 0.3) is 0 Å². The van der Waals surface area contributed by atoms with E-state index in [9.17, 15) is 4.79 Å². The Bertz CT molecular complexity index is 42.9. The van der Waals surface area contributed by atoms with Gasteiger partial charge in [-0.3, -0.25) is 0 Å². The summed E-state index contributed by atoms with van der Waals surface area (Å²) in [6.07, 6.45) is 0. The Hall–Kier alpha value is -0.0105. The van der Waals surface area contributed by atoms with Gasteiger partial charge in [0, 0.05) is 0 Å². The van der Waals surface area contributed by atoms with Crippen LogP contribution in [0.15, 0.2) is 0 Å². The van der Waals surface area contributed by atoms with Crippen LogP contribution in [-0.2, 0) is 20.8 Å². The first-order valence-corrected chi connectivity index (χ1v) is 1.88. The fourth-order valence-corrected chi connectivity index (χ4v) is 0. The van der Waals surface area contributed by atoms with Crippen LogP contribution in [0.3, 0.4) is 0 Å². The fraction of sp³-hybridized carbons (Fsp3) is 0.500. The summed E-state index contributed by atoms with van der Waals surface area (Å²) in [6.45, 7) is 0. The molecule has 0 atom stereocenters. The van der Waals surface area contributed by atoms with Gasteiger partial charge in [0.25, 0.3) is 0 Å². The van der Waals surface area contributed by atoms with Crippen LogP contribution in [-0.4, -0.2) is 11.1 Å². The van der Waals surface area contributed by atoms with Crippen molar-refractivity contribution >= 4 is 5.97 Å². The SMILES string of the molecule is O=C(O)[CH2][Mn]. The zero-order chi connectivity index (χ0) is 4.28. The molecular weight excluding hydrogens is 111 g/mol. The van der Waals surface area contributed by atoms with E-state index in [1.807, 2.05) is 0 Å². The van der Waals surface area contributed by atoms with Crippen LogP contribution < -0.4 is 0 Å². The molecule has 0 saturated heterocycles. The Balaban J connectivity index is 2.85. The molecule has 3 heteroatoms. The number of carbonyl (C=O) groups is 1. The van der Waals surface area contributed by atoms with E-state index in [4.69, 9.17) is 5.11 Å².